The first-order chi connectivity index (χ1) is 10.2. The molecule has 0 radical (unpaired) electrons. The highest BCUT2D eigenvalue weighted by Gasteiger charge is 2.26. The molecule has 0 aromatic heterocycles. The van der Waals surface area contributed by atoms with Gasteiger partial charge in [-0.15, -0.1) is 0 Å². The Morgan fingerprint density at radius 1 is 1.18 bits per heavy atom. The highest BCUT2D eigenvalue weighted by molar-refractivity contribution is 7.89. The molecule has 1 aliphatic heterocycles. The van der Waals surface area contributed by atoms with Gasteiger partial charge in [0.1, 0.15) is 0 Å². The number of piperidine rings is 1. The average Bonchev–Trinajstić information content (AvgIpc) is 2.45. The Kier molecular flexibility index (Phi) is 5.26. The lowest BCUT2D eigenvalue weighted by Gasteiger charge is -2.30. The van der Waals surface area contributed by atoms with Crippen LogP contribution in [0.4, 0.5) is 0 Å². The Bertz CT molecular complexity index is 721. The van der Waals surface area contributed by atoms with E-state index in [9.17, 15) is 16.8 Å². The Hall–Kier alpha value is -0.960. The summed E-state index contributed by atoms with van der Waals surface area (Å²) in [7, 11) is -6.65. The van der Waals surface area contributed by atoms with Gasteiger partial charge in [-0.05, 0) is 43.4 Å². The van der Waals surface area contributed by atoms with Crippen molar-refractivity contribution in [2.24, 2.45) is 5.92 Å². The van der Waals surface area contributed by atoms with Gasteiger partial charge in [0.15, 0.2) is 0 Å². The van der Waals surface area contributed by atoms with Crippen LogP contribution >= 0.6 is 0 Å². The molecule has 0 atom stereocenters. The fraction of sp³-hybridized carbons (Fsp3) is 0.571. The minimum absolute atomic E-state index is 0.164. The summed E-state index contributed by atoms with van der Waals surface area (Å²) in [6, 6.07) is 6.77. The van der Waals surface area contributed by atoms with E-state index < -0.39 is 20.0 Å². The van der Waals surface area contributed by atoms with Crippen LogP contribution in [0.5, 0.6) is 0 Å². The molecule has 1 heterocycles. The standard InChI is InChI=1S/C14H22N2O4S2/c1-12-4-3-5-14(10-12)22(19,20)15-11-13-6-8-16(9-7-13)21(2,17)18/h3-5,10,13,15H,6-9,11H2,1-2H3. The highest BCUT2D eigenvalue weighted by Crippen LogP contribution is 2.19. The Balaban J connectivity index is 1.91. The van der Waals surface area contributed by atoms with Crippen LogP contribution in [-0.4, -0.2) is 47.0 Å². The molecule has 22 heavy (non-hydrogen) atoms. The number of benzene rings is 1. The third-order valence-corrected chi connectivity index (χ3v) is 6.63. The largest absolute Gasteiger partial charge is 0.240 e. The van der Waals surface area contributed by atoms with Gasteiger partial charge in [-0.1, -0.05) is 12.1 Å². The molecule has 0 saturated carbocycles. The van der Waals surface area contributed by atoms with E-state index in [1.807, 2.05) is 13.0 Å². The zero-order valence-corrected chi connectivity index (χ0v) is 14.5. The van der Waals surface area contributed by atoms with Gasteiger partial charge >= 0.3 is 0 Å². The molecule has 1 saturated heterocycles. The van der Waals surface area contributed by atoms with Crippen molar-refractivity contribution in [3.05, 3.63) is 29.8 Å². The van der Waals surface area contributed by atoms with E-state index in [0.717, 1.165) is 5.56 Å². The number of hydrogen-bond donors (Lipinski definition) is 1. The molecule has 6 nitrogen and oxygen atoms in total. The summed E-state index contributed by atoms with van der Waals surface area (Å²) >= 11 is 0. The third-order valence-electron chi connectivity index (χ3n) is 3.90. The monoisotopic (exact) mass is 346 g/mol. The Labute approximate surface area is 132 Å². The fourth-order valence-electron chi connectivity index (χ4n) is 2.54. The summed E-state index contributed by atoms with van der Waals surface area (Å²) in [5.74, 6) is 0.164. The Morgan fingerprint density at radius 2 is 1.82 bits per heavy atom. The average molecular weight is 346 g/mol. The van der Waals surface area contributed by atoms with E-state index in [0.29, 0.717) is 32.5 Å². The number of rotatable bonds is 5. The minimum atomic E-state index is -3.51. The van der Waals surface area contributed by atoms with Crippen LogP contribution in [0.3, 0.4) is 0 Å². The molecular weight excluding hydrogens is 324 g/mol. The summed E-state index contributed by atoms with van der Waals surface area (Å²) in [6.45, 7) is 3.10. The normalized spacial score (nSPS) is 18.5. The van der Waals surface area contributed by atoms with Crippen molar-refractivity contribution in [1.82, 2.24) is 9.03 Å². The summed E-state index contributed by atoms with van der Waals surface area (Å²) in [5.41, 5.74) is 0.893. The molecule has 8 heteroatoms. The quantitative estimate of drug-likeness (QED) is 0.860. The van der Waals surface area contributed by atoms with Crippen LogP contribution in [0.1, 0.15) is 18.4 Å². The fourth-order valence-corrected chi connectivity index (χ4v) is 4.63. The summed E-state index contributed by atoms with van der Waals surface area (Å²) in [6.07, 6.45) is 2.54. The van der Waals surface area contributed by atoms with E-state index in [1.54, 1.807) is 18.2 Å². The smallest absolute Gasteiger partial charge is 0.213 e. The van der Waals surface area contributed by atoms with Crippen LogP contribution in [0.2, 0.25) is 0 Å². The molecule has 0 spiro atoms. The van der Waals surface area contributed by atoms with Crippen LogP contribution in [0, 0.1) is 12.8 Å². The van der Waals surface area contributed by atoms with E-state index in [2.05, 4.69) is 4.72 Å². The first-order valence-corrected chi connectivity index (χ1v) is 10.5. The van der Waals surface area contributed by atoms with Gasteiger partial charge in [-0.3, -0.25) is 0 Å². The second-order valence-corrected chi connectivity index (χ2v) is 9.52. The summed E-state index contributed by atoms with van der Waals surface area (Å²) in [5, 5.41) is 0. The topological polar surface area (TPSA) is 83.6 Å². The summed E-state index contributed by atoms with van der Waals surface area (Å²) in [4.78, 5) is 0.265. The predicted molar refractivity (Wildman–Crippen MR) is 85.5 cm³/mol. The van der Waals surface area contributed by atoms with Crippen molar-refractivity contribution in [2.45, 2.75) is 24.7 Å². The molecule has 1 N–H and O–H groups in total. The molecule has 1 aromatic carbocycles. The molecule has 0 unspecified atom stereocenters. The van der Waals surface area contributed by atoms with E-state index >= 15 is 0 Å². The highest BCUT2D eigenvalue weighted by atomic mass is 32.2. The maximum absolute atomic E-state index is 12.2. The lowest BCUT2D eigenvalue weighted by atomic mass is 9.99. The molecule has 2 rings (SSSR count). The van der Waals surface area contributed by atoms with Crippen LogP contribution in [0.25, 0.3) is 0 Å². The van der Waals surface area contributed by atoms with Gasteiger partial charge < -0.3 is 0 Å². The van der Waals surface area contributed by atoms with Crippen LogP contribution in [0.15, 0.2) is 29.2 Å². The lowest BCUT2D eigenvalue weighted by Crippen LogP contribution is -2.41. The van der Waals surface area contributed by atoms with Gasteiger partial charge in [0.05, 0.1) is 11.2 Å². The molecule has 0 bridgehead atoms. The maximum Gasteiger partial charge on any atom is 0.240 e. The van der Waals surface area contributed by atoms with E-state index in [-0.39, 0.29) is 10.8 Å². The van der Waals surface area contributed by atoms with Crippen molar-refractivity contribution in [1.29, 1.82) is 0 Å². The second kappa shape index (κ2) is 6.66. The number of nitrogens with zero attached hydrogens (tertiary/aromatic N) is 1. The molecular formula is C14H22N2O4S2. The van der Waals surface area contributed by atoms with E-state index in [4.69, 9.17) is 0 Å². The number of sulfonamides is 2. The predicted octanol–water partition coefficient (Wildman–Crippen LogP) is 0.945. The maximum atomic E-state index is 12.2. The number of aryl methyl sites for hydroxylation is 1. The number of hydrogen-bond acceptors (Lipinski definition) is 4. The second-order valence-electron chi connectivity index (χ2n) is 5.77. The lowest BCUT2D eigenvalue weighted by molar-refractivity contribution is 0.275. The van der Waals surface area contributed by atoms with Crippen LogP contribution in [-0.2, 0) is 20.0 Å². The van der Waals surface area contributed by atoms with Gasteiger partial charge in [0.2, 0.25) is 20.0 Å². The minimum Gasteiger partial charge on any atom is -0.213 e. The molecule has 0 amide bonds. The SMILES string of the molecule is Cc1cccc(S(=O)(=O)NCC2CCN(S(C)(=O)=O)CC2)c1. The molecule has 1 aromatic rings. The zero-order valence-electron chi connectivity index (χ0n) is 12.8. The van der Waals surface area contributed by atoms with Gasteiger partial charge in [0, 0.05) is 19.6 Å². The third kappa shape index (κ3) is 4.52. The molecule has 1 fully saturated rings. The molecule has 1 aliphatic rings. The Morgan fingerprint density at radius 3 is 2.36 bits per heavy atom. The zero-order chi connectivity index (χ0) is 16.4. The van der Waals surface area contributed by atoms with Gasteiger partial charge in [-0.2, -0.15) is 0 Å². The van der Waals surface area contributed by atoms with Crippen LogP contribution < -0.4 is 4.72 Å². The van der Waals surface area contributed by atoms with Gasteiger partial charge in [-0.25, -0.2) is 25.9 Å². The van der Waals surface area contributed by atoms with Crippen molar-refractivity contribution in [3.8, 4) is 0 Å². The number of nitrogens with one attached hydrogen (secondary N) is 1. The van der Waals surface area contributed by atoms with E-state index in [1.165, 1.54) is 10.6 Å². The van der Waals surface area contributed by atoms with Gasteiger partial charge in [0.25, 0.3) is 0 Å². The van der Waals surface area contributed by atoms with Crippen molar-refractivity contribution < 1.29 is 16.8 Å². The first kappa shape index (κ1) is 17.4. The first-order valence-electron chi connectivity index (χ1n) is 7.20. The summed E-state index contributed by atoms with van der Waals surface area (Å²) < 4.78 is 51.4. The van der Waals surface area contributed by atoms with Crippen molar-refractivity contribution >= 4 is 20.0 Å². The molecule has 124 valence electrons. The van der Waals surface area contributed by atoms with Crippen molar-refractivity contribution in [2.75, 3.05) is 25.9 Å². The van der Waals surface area contributed by atoms with Crippen molar-refractivity contribution in [3.63, 3.8) is 0 Å². The molecule has 0 aliphatic carbocycles.